The van der Waals surface area contributed by atoms with Crippen molar-refractivity contribution < 1.29 is 23.1 Å². The van der Waals surface area contributed by atoms with Crippen LogP contribution in [-0.4, -0.2) is 29.1 Å². The maximum atomic E-state index is 14.6. The van der Waals surface area contributed by atoms with Crippen LogP contribution >= 0.6 is 0 Å². The highest BCUT2D eigenvalue weighted by Gasteiger charge is 2.25. The molecule has 0 unspecified atom stereocenters. The number of methoxy groups -OCH3 is 1. The zero-order valence-electron chi connectivity index (χ0n) is 19.9. The Labute approximate surface area is 197 Å². The SMILES string of the molecule is COCc1ccc([C@@H](NC(=O)Cc2nnc(C)o2)C(=O)Nc2ccc(C(C)(C)C)c(F)c2)cc1. The minimum Gasteiger partial charge on any atom is -0.425 e. The first-order valence-electron chi connectivity index (χ1n) is 10.8. The van der Waals surface area contributed by atoms with Gasteiger partial charge in [-0.2, -0.15) is 0 Å². The van der Waals surface area contributed by atoms with Gasteiger partial charge in [0.2, 0.25) is 17.7 Å². The number of hydrogen-bond acceptors (Lipinski definition) is 6. The highest BCUT2D eigenvalue weighted by molar-refractivity contribution is 5.98. The van der Waals surface area contributed by atoms with Crippen LogP contribution in [0.3, 0.4) is 0 Å². The van der Waals surface area contributed by atoms with Gasteiger partial charge in [-0.25, -0.2) is 4.39 Å². The van der Waals surface area contributed by atoms with E-state index in [-0.39, 0.29) is 17.7 Å². The first-order valence-corrected chi connectivity index (χ1v) is 10.8. The summed E-state index contributed by atoms with van der Waals surface area (Å²) in [5.41, 5.74) is 1.93. The van der Waals surface area contributed by atoms with Gasteiger partial charge in [0.25, 0.3) is 5.91 Å². The molecule has 180 valence electrons. The lowest BCUT2D eigenvalue weighted by Crippen LogP contribution is -2.37. The average Bonchev–Trinajstić information content (AvgIpc) is 3.16. The van der Waals surface area contributed by atoms with Gasteiger partial charge in [0.15, 0.2) is 0 Å². The zero-order valence-corrected chi connectivity index (χ0v) is 19.9. The van der Waals surface area contributed by atoms with E-state index in [2.05, 4.69) is 20.8 Å². The molecule has 0 fully saturated rings. The van der Waals surface area contributed by atoms with Gasteiger partial charge in [0, 0.05) is 19.7 Å². The predicted molar refractivity (Wildman–Crippen MR) is 125 cm³/mol. The van der Waals surface area contributed by atoms with Crippen molar-refractivity contribution in [2.24, 2.45) is 0 Å². The minimum absolute atomic E-state index is 0.143. The molecule has 1 atom stereocenters. The van der Waals surface area contributed by atoms with Crippen molar-refractivity contribution in [2.45, 2.75) is 52.2 Å². The van der Waals surface area contributed by atoms with E-state index in [4.69, 9.17) is 9.15 Å². The first kappa shape index (κ1) is 25.0. The molecule has 0 aliphatic carbocycles. The molecule has 0 saturated carbocycles. The van der Waals surface area contributed by atoms with Gasteiger partial charge in [0.05, 0.1) is 6.61 Å². The molecular weight excluding hydrogens is 439 g/mol. The number of ether oxygens (including phenoxy) is 1. The van der Waals surface area contributed by atoms with Crippen molar-refractivity contribution in [3.05, 3.63) is 76.8 Å². The Balaban J connectivity index is 1.82. The van der Waals surface area contributed by atoms with Gasteiger partial charge in [-0.05, 0) is 34.2 Å². The van der Waals surface area contributed by atoms with Gasteiger partial charge in [-0.3, -0.25) is 9.59 Å². The predicted octanol–water partition coefficient (Wildman–Crippen LogP) is 4.00. The Hall–Kier alpha value is -3.59. The molecule has 9 heteroatoms. The monoisotopic (exact) mass is 468 g/mol. The van der Waals surface area contributed by atoms with Crippen LogP contribution in [0.2, 0.25) is 0 Å². The van der Waals surface area contributed by atoms with E-state index in [1.807, 2.05) is 32.9 Å². The van der Waals surface area contributed by atoms with E-state index in [0.717, 1.165) is 5.56 Å². The third-order valence-electron chi connectivity index (χ3n) is 5.12. The maximum absolute atomic E-state index is 14.6. The number of aromatic nitrogens is 2. The molecule has 2 N–H and O–H groups in total. The number of carbonyl (C=O) groups is 2. The van der Waals surface area contributed by atoms with Crippen LogP contribution in [-0.2, 0) is 32.8 Å². The lowest BCUT2D eigenvalue weighted by atomic mass is 9.86. The molecule has 34 heavy (non-hydrogen) atoms. The van der Waals surface area contributed by atoms with E-state index < -0.39 is 23.7 Å². The van der Waals surface area contributed by atoms with Crippen LogP contribution in [0.15, 0.2) is 46.9 Å². The number of anilines is 1. The number of amides is 2. The topological polar surface area (TPSA) is 106 Å². The normalized spacial score (nSPS) is 12.3. The average molecular weight is 469 g/mol. The standard InChI is InChI=1S/C25H29FN4O4/c1-15-29-30-22(34-15)13-21(31)28-23(17-8-6-16(7-9-17)14-33-5)24(32)27-18-10-11-19(20(26)12-18)25(2,3)4/h6-12,23H,13-14H2,1-5H3,(H,27,32)(H,28,31)/t23-/m1/s1. The molecule has 0 radical (unpaired) electrons. The van der Waals surface area contributed by atoms with Gasteiger partial charge >= 0.3 is 0 Å². The fourth-order valence-corrected chi connectivity index (χ4v) is 3.45. The van der Waals surface area contributed by atoms with Crippen molar-refractivity contribution in [3.8, 4) is 0 Å². The van der Waals surface area contributed by atoms with Crippen molar-refractivity contribution in [1.82, 2.24) is 15.5 Å². The molecule has 0 aliphatic rings. The van der Waals surface area contributed by atoms with Crippen LogP contribution in [0, 0.1) is 12.7 Å². The summed E-state index contributed by atoms with van der Waals surface area (Å²) in [6.45, 7) is 7.77. The third-order valence-corrected chi connectivity index (χ3v) is 5.12. The number of benzene rings is 2. The van der Waals surface area contributed by atoms with E-state index in [1.54, 1.807) is 38.3 Å². The molecule has 8 nitrogen and oxygen atoms in total. The first-order chi connectivity index (χ1) is 16.1. The number of nitrogens with zero attached hydrogens (tertiary/aromatic N) is 2. The largest absolute Gasteiger partial charge is 0.425 e. The number of halogens is 1. The summed E-state index contributed by atoms with van der Waals surface area (Å²) in [7, 11) is 1.59. The second-order valence-corrected chi connectivity index (χ2v) is 9.00. The van der Waals surface area contributed by atoms with E-state index in [0.29, 0.717) is 29.3 Å². The fourth-order valence-electron chi connectivity index (χ4n) is 3.45. The molecule has 1 heterocycles. The maximum Gasteiger partial charge on any atom is 0.251 e. The molecule has 0 bridgehead atoms. The lowest BCUT2D eigenvalue weighted by molar-refractivity contribution is -0.126. The highest BCUT2D eigenvalue weighted by atomic mass is 19.1. The van der Waals surface area contributed by atoms with Crippen molar-refractivity contribution in [1.29, 1.82) is 0 Å². The summed E-state index contributed by atoms with van der Waals surface area (Å²) in [6.07, 6.45) is -0.179. The second-order valence-electron chi connectivity index (χ2n) is 9.00. The minimum atomic E-state index is -1.03. The molecule has 2 amide bonds. The Bertz CT molecular complexity index is 1150. The number of hydrogen-bond donors (Lipinski definition) is 2. The number of rotatable bonds is 8. The molecule has 2 aromatic carbocycles. The summed E-state index contributed by atoms with van der Waals surface area (Å²) < 4.78 is 25.0. The summed E-state index contributed by atoms with van der Waals surface area (Å²) in [5, 5.41) is 12.9. The number of aryl methyl sites for hydroxylation is 1. The summed E-state index contributed by atoms with van der Waals surface area (Å²) in [5.74, 6) is -0.922. The summed E-state index contributed by atoms with van der Waals surface area (Å²) in [4.78, 5) is 25.8. The van der Waals surface area contributed by atoms with Crippen molar-refractivity contribution in [3.63, 3.8) is 0 Å². The van der Waals surface area contributed by atoms with Crippen LogP contribution in [0.4, 0.5) is 10.1 Å². The second kappa shape index (κ2) is 10.6. The van der Waals surface area contributed by atoms with Crippen LogP contribution in [0.25, 0.3) is 0 Å². The third kappa shape index (κ3) is 6.48. The molecule has 3 aromatic rings. The Kier molecular flexibility index (Phi) is 7.78. The molecule has 1 aromatic heterocycles. The van der Waals surface area contributed by atoms with Gasteiger partial charge in [0.1, 0.15) is 18.3 Å². The molecule has 3 rings (SSSR count). The van der Waals surface area contributed by atoms with Gasteiger partial charge in [-0.1, -0.05) is 51.1 Å². The molecule has 0 aliphatic heterocycles. The Morgan fingerprint density at radius 1 is 1.12 bits per heavy atom. The smallest absolute Gasteiger partial charge is 0.251 e. The summed E-state index contributed by atoms with van der Waals surface area (Å²) >= 11 is 0. The molecular formula is C25H29FN4O4. The highest BCUT2D eigenvalue weighted by Crippen LogP contribution is 2.27. The van der Waals surface area contributed by atoms with Crippen LogP contribution < -0.4 is 10.6 Å². The van der Waals surface area contributed by atoms with Gasteiger partial charge < -0.3 is 19.8 Å². The van der Waals surface area contributed by atoms with Crippen LogP contribution in [0.1, 0.15) is 55.3 Å². The van der Waals surface area contributed by atoms with E-state index >= 15 is 0 Å². The quantitative estimate of drug-likeness (QED) is 0.518. The Morgan fingerprint density at radius 2 is 1.82 bits per heavy atom. The van der Waals surface area contributed by atoms with Crippen molar-refractivity contribution in [2.75, 3.05) is 12.4 Å². The Morgan fingerprint density at radius 3 is 2.38 bits per heavy atom. The van der Waals surface area contributed by atoms with Crippen molar-refractivity contribution >= 4 is 17.5 Å². The van der Waals surface area contributed by atoms with E-state index in [9.17, 15) is 14.0 Å². The van der Waals surface area contributed by atoms with Gasteiger partial charge in [-0.15, -0.1) is 10.2 Å². The van der Waals surface area contributed by atoms with E-state index in [1.165, 1.54) is 6.07 Å². The fraction of sp³-hybridized carbons (Fsp3) is 0.360. The lowest BCUT2D eigenvalue weighted by Gasteiger charge is -2.22. The number of nitrogens with one attached hydrogen (secondary N) is 2. The molecule has 0 spiro atoms. The molecule has 0 saturated heterocycles. The van der Waals surface area contributed by atoms with Crippen LogP contribution in [0.5, 0.6) is 0 Å². The summed E-state index contributed by atoms with van der Waals surface area (Å²) in [6, 6.07) is 10.6. The zero-order chi connectivity index (χ0) is 24.9. The number of carbonyl (C=O) groups excluding carboxylic acids is 2.